The number of rotatable bonds is 11. The number of anilines is 1. The Labute approximate surface area is 232 Å². The van der Waals surface area contributed by atoms with Crippen molar-refractivity contribution in [3.8, 4) is 11.6 Å². The number of nitrogens with one attached hydrogen (secondary N) is 1. The summed E-state index contributed by atoms with van der Waals surface area (Å²) in [5, 5.41) is 8.10. The number of esters is 1. The van der Waals surface area contributed by atoms with Crippen molar-refractivity contribution in [3.63, 3.8) is 0 Å². The molecule has 0 bridgehead atoms. The van der Waals surface area contributed by atoms with Gasteiger partial charge in [0.05, 0.1) is 32.4 Å². The highest BCUT2D eigenvalue weighted by Gasteiger charge is 2.25. The molecule has 8 heteroatoms. The lowest BCUT2D eigenvalue weighted by Crippen LogP contribution is -2.16. The highest BCUT2D eigenvalue weighted by molar-refractivity contribution is 5.71. The number of hydrogen-bond acceptors (Lipinski definition) is 7. The van der Waals surface area contributed by atoms with Crippen LogP contribution in [0.1, 0.15) is 74.5 Å². The Morgan fingerprint density at radius 2 is 1.97 bits per heavy atom. The number of nitrogens with zero attached hydrogens (tertiary/aromatic N) is 3. The molecular formula is C31H42N4O4. The second kappa shape index (κ2) is 12.5. The van der Waals surface area contributed by atoms with Crippen molar-refractivity contribution >= 4 is 11.8 Å². The topological polar surface area (TPSA) is 87.5 Å². The van der Waals surface area contributed by atoms with E-state index in [-0.39, 0.29) is 23.7 Å². The van der Waals surface area contributed by atoms with Crippen molar-refractivity contribution in [1.29, 1.82) is 0 Å². The monoisotopic (exact) mass is 534 g/mol. The summed E-state index contributed by atoms with van der Waals surface area (Å²) < 4.78 is 18.9. The number of methoxy groups -OCH3 is 1. The summed E-state index contributed by atoms with van der Waals surface area (Å²) in [6, 6.07) is 12.4. The lowest BCUT2D eigenvalue weighted by molar-refractivity contribution is -0.143. The molecule has 2 aromatic heterocycles. The fraction of sp³-hybridized carbons (Fsp3) is 0.516. The van der Waals surface area contributed by atoms with Crippen LogP contribution in [0.5, 0.6) is 11.6 Å². The number of ether oxygens (including phenoxy) is 3. The predicted octanol–water partition coefficient (Wildman–Crippen LogP) is 5.38. The first-order valence-electron chi connectivity index (χ1n) is 13.9. The van der Waals surface area contributed by atoms with Gasteiger partial charge in [-0.2, -0.15) is 5.10 Å². The van der Waals surface area contributed by atoms with Gasteiger partial charge < -0.3 is 19.5 Å². The molecule has 210 valence electrons. The van der Waals surface area contributed by atoms with Gasteiger partial charge in [0.25, 0.3) is 0 Å². The molecule has 0 saturated heterocycles. The lowest BCUT2D eigenvalue weighted by Gasteiger charge is -2.24. The highest BCUT2D eigenvalue weighted by Crippen LogP contribution is 2.36. The van der Waals surface area contributed by atoms with Gasteiger partial charge in [0.2, 0.25) is 5.88 Å². The zero-order valence-electron chi connectivity index (χ0n) is 24.2. The van der Waals surface area contributed by atoms with E-state index >= 15 is 0 Å². The number of hydrogen-bond donors (Lipinski definition) is 1. The van der Waals surface area contributed by atoms with Gasteiger partial charge in [0.15, 0.2) is 0 Å². The number of carbonyl (C=O) groups excluding carboxylic acids is 1. The molecule has 1 unspecified atom stereocenters. The van der Waals surface area contributed by atoms with Crippen LogP contribution in [0.15, 0.2) is 36.4 Å². The van der Waals surface area contributed by atoms with Gasteiger partial charge in [-0.1, -0.05) is 39.0 Å². The average molecular weight is 535 g/mol. The smallest absolute Gasteiger partial charge is 0.306 e. The van der Waals surface area contributed by atoms with Gasteiger partial charge in [-0.05, 0) is 60.4 Å². The van der Waals surface area contributed by atoms with Crippen molar-refractivity contribution in [1.82, 2.24) is 14.8 Å². The first-order valence-corrected chi connectivity index (χ1v) is 13.9. The zero-order valence-corrected chi connectivity index (χ0v) is 24.2. The summed E-state index contributed by atoms with van der Waals surface area (Å²) in [6.07, 6.45) is 3.72. The van der Waals surface area contributed by atoms with E-state index in [1.54, 1.807) is 11.8 Å². The molecule has 1 aliphatic heterocycles. The molecule has 39 heavy (non-hydrogen) atoms. The summed E-state index contributed by atoms with van der Waals surface area (Å²) in [7, 11) is 3.54. The van der Waals surface area contributed by atoms with E-state index in [2.05, 4.69) is 50.4 Å². The van der Waals surface area contributed by atoms with Gasteiger partial charge >= 0.3 is 5.97 Å². The third kappa shape index (κ3) is 7.31. The molecule has 3 aromatic rings. The number of pyridine rings is 1. The summed E-state index contributed by atoms with van der Waals surface area (Å²) in [5.41, 5.74) is 5.27. The Balaban J connectivity index is 1.49. The largest absolute Gasteiger partial charge is 0.496 e. The maximum Gasteiger partial charge on any atom is 0.306 e. The molecule has 0 aliphatic carbocycles. The van der Waals surface area contributed by atoms with Gasteiger partial charge in [0, 0.05) is 37.7 Å². The third-order valence-corrected chi connectivity index (χ3v) is 7.16. The Kier molecular flexibility index (Phi) is 9.15. The van der Waals surface area contributed by atoms with Crippen molar-refractivity contribution in [2.75, 3.05) is 32.2 Å². The number of aryl methyl sites for hydroxylation is 2. The molecule has 4 rings (SSSR count). The summed E-state index contributed by atoms with van der Waals surface area (Å²) in [4.78, 5) is 17.4. The van der Waals surface area contributed by atoms with E-state index in [0.29, 0.717) is 31.9 Å². The average Bonchev–Trinajstić information content (AvgIpc) is 3.26. The van der Waals surface area contributed by atoms with Crippen molar-refractivity contribution < 1.29 is 19.0 Å². The van der Waals surface area contributed by atoms with Gasteiger partial charge in [-0.25, -0.2) is 9.67 Å². The van der Waals surface area contributed by atoms with Crippen molar-refractivity contribution in [2.24, 2.45) is 7.05 Å². The molecule has 0 amide bonds. The first-order chi connectivity index (χ1) is 18.7. The molecule has 0 spiro atoms. The summed E-state index contributed by atoms with van der Waals surface area (Å²) >= 11 is 0. The Morgan fingerprint density at radius 3 is 2.72 bits per heavy atom. The minimum Gasteiger partial charge on any atom is -0.496 e. The minimum atomic E-state index is -0.231. The summed E-state index contributed by atoms with van der Waals surface area (Å²) in [6.45, 7) is 10.2. The van der Waals surface area contributed by atoms with Crippen LogP contribution >= 0.6 is 0 Å². The van der Waals surface area contributed by atoms with Gasteiger partial charge in [-0.3, -0.25) is 4.79 Å². The Bertz CT molecular complexity index is 1280. The molecule has 0 radical (unpaired) electrons. The molecule has 0 fully saturated rings. The normalized spacial score (nSPS) is 13.8. The fourth-order valence-electron chi connectivity index (χ4n) is 5.00. The van der Waals surface area contributed by atoms with Crippen LogP contribution < -0.4 is 14.8 Å². The number of carbonyl (C=O) groups is 1. The van der Waals surface area contributed by atoms with Gasteiger partial charge in [0.1, 0.15) is 11.6 Å². The third-order valence-electron chi connectivity index (χ3n) is 7.16. The molecular weight excluding hydrogens is 492 g/mol. The van der Waals surface area contributed by atoms with Gasteiger partial charge in [-0.15, -0.1) is 0 Å². The second-order valence-electron chi connectivity index (χ2n) is 11.2. The second-order valence-corrected chi connectivity index (χ2v) is 11.2. The number of aromatic nitrogens is 3. The number of fused-ring (bicyclic) bond motifs is 1. The predicted molar refractivity (Wildman–Crippen MR) is 153 cm³/mol. The summed E-state index contributed by atoms with van der Waals surface area (Å²) in [5.74, 6) is 2.06. The Morgan fingerprint density at radius 1 is 1.15 bits per heavy atom. The van der Waals surface area contributed by atoms with E-state index in [4.69, 9.17) is 24.3 Å². The standard InChI is InChI=1S/C31H42N4O4/c1-7-38-29(36)18-22(26-19-23(31(2,3)4)11-13-27(26)37-6)17-25-20-28(35(5)34-25)39-16-14-24-12-10-21-9-8-15-32-30(21)33-24/h10-13,19-20,22H,7-9,14-18H2,1-6H3,(H,32,33). The molecule has 8 nitrogen and oxygen atoms in total. The first kappa shape index (κ1) is 28.5. The Hall–Kier alpha value is -3.55. The maximum atomic E-state index is 12.6. The molecule has 1 atom stereocenters. The molecule has 1 aliphatic rings. The maximum absolute atomic E-state index is 12.6. The van der Waals surface area contributed by atoms with Crippen LogP contribution in [0, 0.1) is 0 Å². The van der Waals surface area contributed by atoms with E-state index in [0.717, 1.165) is 47.9 Å². The molecule has 0 saturated carbocycles. The lowest BCUT2D eigenvalue weighted by atomic mass is 9.82. The van der Waals surface area contributed by atoms with Crippen molar-refractivity contribution in [2.45, 2.75) is 71.1 Å². The van der Waals surface area contributed by atoms with Crippen LogP contribution in [-0.2, 0) is 41.3 Å². The van der Waals surface area contributed by atoms with Crippen LogP contribution in [0.3, 0.4) is 0 Å². The van der Waals surface area contributed by atoms with Crippen LogP contribution in [0.4, 0.5) is 5.82 Å². The minimum absolute atomic E-state index is 0.0372. The number of benzene rings is 1. The zero-order chi connectivity index (χ0) is 28.0. The van der Waals surface area contributed by atoms with E-state index in [1.807, 2.05) is 26.1 Å². The van der Waals surface area contributed by atoms with Crippen molar-refractivity contribution in [3.05, 3.63) is 64.5 Å². The molecule has 1 aromatic carbocycles. The van der Waals surface area contributed by atoms with Crippen LogP contribution in [0.2, 0.25) is 0 Å². The van der Waals surface area contributed by atoms with E-state index in [9.17, 15) is 4.79 Å². The molecule has 1 N–H and O–H groups in total. The quantitative estimate of drug-likeness (QED) is 0.331. The van der Waals surface area contributed by atoms with E-state index in [1.165, 1.54) is 11.1 Å². The molecule has 3 heterocycles. The SMILES string of the molecule is CCOC(=O)CC(Cc1cc(OCCc2ccc3c(n2)NCCC3)n(C)n1)c1cc(C(C)(C)C)ccc1OC. The van der Waals surface area contributed by atoms with Crippen LogP contribution in [-0.4, -0.2) is 47.6 Å². The van der Waals surface area contributed by atoms with E-state index < -0.39 is 0 Å². The van der Waals surface area contributed by atoms with Crippen LogP contribution in [0.25, 0.3) is 0 Å². The fourth-order valence-corrected chi connectivity index (χ4v) is 5.00. The highest BCUT2D eigenvalue weighted by atomic mass is 16.5.